The van der Waals surface area contributed by atoms with Crippen molar-refractivity contribution in [3.63, 3.8) is 0 Å². The number of anilines is 1. The minimum atomic E-state index is -4.01. The van der Waals surface area contributed by atoms with Crippen LogP contribution in [0.2, 0.25) is 5.02 Å². The van der Waals surface area contributed by atoms with Gasteiger partial charge in [0, 0.05) is 30.6 Å². The van der Waals surface area contributed by atoms with E-state index in [9.17, 15) is 18.3 Å². The number of nitrogens with one attached hydrogen (secondary N) is 1. The molecule has 11 heteroatoms. The minimum absolute atomic E-state index is 0.0244. The van der Waals surface area contributed by atoms with Crippen molar-refractivity contribution in [3.05, 3.63) is 82.9 Å². The largest absolute Gasteiger partial charge is 0.497 e. The Morgan fingerprint density at radius 3 is 2.46 bits per heavy atom. The molecule has 0 unspecified atom stereocenters. The fourth-order valence-electron chi connectivity index (χ4n) is 4.77. The average Bonchev–Trinajstić information content (AvgIpc) is 2.95. The van der Waals surface area contributed by atoms with Crippen LogP contribution in [0.4, 0.5) is 5.69 Å². The maximum absolute atomic E-state index is 13.7. The molecule has 9 nitrogen and oxygen atoms in total. The number of aliphatic hydroxyl groups excluding tert-OH is 1. The van der Waals surface area contributed by atoms with E-state index in [1.54, 1.807) is 37.1 Å². The monoisotopic (exact) mass is 601 g/mol. The predicted octanol–water partition coefficient (Wildman–Crippen LogP) is 4.50. The van der Waals surface area contributed by atoms with E-state index in [4.69, 9.17) is 21.1 Å². The highest BCUT2D eigenvalue weighted by Crippen LogP contribution is 2.36. The van der Waals surface area contributed by atoms with Crippen LogP contribution in [0.1, 0.15) is 29.8 Å². The van der Waals surface area contributed by atoms with Crippen molar-refractivity contribution in [1.29, 1.82) is 0 Å². The van der Waals surface area contributed by atoms with E-state index in [-0.39, 0.29) is 40.3 Å². The number of hydrogen-bond acceptors (Lipinski definition) is 7. The summed E-state index contributed by atoms with van der Waals surface area (Å²) in [5, 5.41) is 10.3. The van der Waals surface area contributed by atoms with Crippen LogP contribution >= 0.6 is 11.6 Å². The van der Waals surface area contributed by atoms with Gasteiger partial charge in [-0.1, -0.05) is 36.7 Å². The molecule has 1 aliphatic rings. The van der Waals surface area contributed by atoms with Gasteiger partial charge in [-0.15, -0.1) is 0 Å². The molecular weight excluding hydrogens is 566 g/mol. The summed E-state index contributed by atoms with van der Waals surface area (Å²) in [6.45, 7) is 5.07. The average molecular weight is 602 g/mol. The van der Waals surface area contributed by atoms with Crippen LogP contribution < -0.4 is 14.2 Å². The third-order valence-electron chi connectivity index (χ3n) is 7.16. The molecule has 1 heterocycles. The van der Waals surface area contributed by atoms with Crippen molar-refractivity contribution in [3.8, 4) is 11.5 Å². The molecule has 3 atom stereocenters. The van der Waals surface area contributed by atoms with Crippen LogP contribution in [0.25, 0.3) is 0 Å². The summed E-state index contributed by atoms with van der Waals surface area (Å²) in [5.41, 5.74) is 1.46. The quantitative estimate of drug-likeness (QED) is 0.352. The van der Waals surface area contributed by atoms with Crippen LogP contribution in [-0.2, 0) is 16.6 Å². The second-order valence-corrected chi connectivity index (χ2v) is 12.5. The van der Waals surface area contributed by atoms with Gasteiger partial charge in [-0.25, -0.2) is 8.42 Å². The van der Waals surface area contributed by atoms with Gasteiger partial charge in [0.1, 0.15) is 11.9 Å². The second kappa shape index (κ2) is 13.1. The first-order chi connectivity index (χ1) is 19.5. The SMILES string of the molecule is COc1ccc(CN(C)C[C@H]2Oc3c(NS(=O)(=O)c4ccc(Cl)cc4)cccc3C(=O)N([C@@H](C)CO)C[C@H]2C)cc1. The number of methoxy groups -OCH3 is 1. The van der Waals surface area contributed by atoms with Crippen molar-refractivity contribution in [2.75, 3.05) is 38.6 Å². The highest BCUT2D eigenvalue weighted by Gasteiger charge is 2.35. The van der Waals surface area contributed by atoms with Gasteiger partial charge in [-0.3, -0.25) is 14.4 Å². The standard InChI is InChI=1S/C30H36ClN3O6S/c1-20-16-34(21(2)19-35)30(36)26-6-5-7-27(32-41(37,38)25-14-10-23(31)11-15-25)29(26)40-28(20)18-33(3)17-22-8-12-24(39-4)13-9-22/h5-15,20-21,28,32,35H,16-19H2,1-4H3/t20-,21+,28-/m1/s1. The summed E-state index contributed by atoms with van der Waals surface area (Å²) in [4.78, 5) is 17.5. The summed E-state index contributed by atoms with van der Waals surface area (Å²) in [5.74, 6) is 0.451. The molecule has 0 fully saturated rings. The fourth-order valence-corrected chi connectivity index (χ4v) is 5.96. The number of carbonyl (C=O) groups excluding carboxylic acids is 1. The molecule has 0 aromatic heterocycles. The third-order valence-corrected chi connectivity index (χ3v) is 8.80. The predicted molar refractivity (Wildman–Crippen MR) is 159 cm³/mol. The molecule has 3 aromatic rings. The Balaban J connectivity index is 1.68. The molecule has 0 bridgehead atoms. The van der Waals surface area contributed by atoms with E-state index in [1.165, 1.54) is 24.3 Å². The molecule has 1 amide bonds. The number of para-hydroxylation sites is 1. The Labute approximate surface area is 246 Å². The zero-order chi connectivity index (χ0) is 29.7. The Morgan fingerprint density at radius 1 is 1.15 bits per heavy atom. The normalized spacial score (nSPS) is 18.2. The zero-order valence-electron chi connectivity index (χ0n) is 23.6. The number of sulfonamides is 1. The number of halogens is 1. The molecule has 4 rings (SSSR count). The molecular formula is C30H36ClN3O6S. The number of hydrogen-bond donors (Lipinski definition) is 2. The summed E-state index contributed by atoms with van der Waals surface area (Å²) in [6.07, 6.45) is -0.403. The molecule has 0 saturated heterocycles. The number of likely N-dealkylation sites (N-methyl/N-ethyl adjacent to an activating group) is 1. The van der Waals surface area contributed by atoms with Crippen molar-refractivity contribution in [2.45, 2.75) is 37.4 Å². The highest BCUT2D eigenvalue weighted by atomic mass is 35.5. The first-order valence-corrected chi connectivity index (χ1v) is 15.2. The van der Waals surface area contributed by atoms with Crippen molar-refractivity contribution in [2.24, 2.45) is 5.92 Å². The molecule has 0 radical (unpaired) electrons. The number of rotatable bonds is 10. The molecule has 3 aromatic carbocycles. The van der Waals surface area contributed by atoms with Crippen LogP contribution in [0, 0.1) is 5.92 Å². The smallest absolute Gasteiger partial charge is 0.262 e. The number of ether oxygens (including phenoxy) is 2. The first-order valence-electron chi connectivity index (χ1n) is 13.3. The number of amides is 1. The van der Waals surface area contributed by atoms with Gasteiger partial charge in [-0.2, -0.15) is 0 Å². The fraction of sp³-hybridized carbons (Fsp3) is 0.367. The summed E-state index contributed by atoms with van der Waals surface area (Å²) in [7, 11) is -0.404. The van der Waals surface area contributed by atoms with Crippen LogP contribution in [0.5, 0.6) is 11.5 Å². The number of benzene rings is 3. The van der Waals surface area contributed by atoms with E-state index >= 15 is 0 Å². The van der Waals surface area contributed by atoms with E-state index < -0.39 is 22.2 Å². The minimum Gasteiger partial charge on any atom is -0.497 e. The Kier molecular flexibility index (Phi) is 9.80. The lowest BCUT2D eigenvalue weighted by Crippen LogP contribution is -2.49. The Morgan fingerprint density at radius 2 is 1.83 bits per heavy atom. The summed E-state index contributed by atoms with van der Waals surface area (Å²) < 4.78 is 40.9. The number of fused-ring (bicyclic) bond motifs is 1. The second-order valence-electron chi connectivity index (χ2n) is 10.4. The number of carbonyl (C=O) groups is 1. The molecule has 2 N–H and O–H groups in total. The Bertz CT molecular complexity index is 1450. The van der Waals surface area contributed by atoms with E-state index in [0.717, 1.165) is 11.3 Å². The Hall–Kier alpha value is -3.31. The van der Waals surface area contributed by atoms with Crippen molar-refractivity contribution >= 4 is 33.2 Å². The van der Waals surface area contributed by atoms with E-state index in [0.29, 0.717) is 24.7 Å². The van der Waals surface area contributed by atoms with E-state index in [2.05, 4.69) is 9.62 Å². The van der Waals surface area contributed by atoms with Gasteiger partial charge in [0.2, 0.25) is 0 Å². The maximum atomic E-state index is 13.7. The molecule has 220 valence electrons. The summed E-state index contributed by atoms with van der Waals surface area (Å²) >= 11 is 5.95. The van der Waals surface area contributed by atoms with Crippen LogP contribution in [0.15, 0.2) is 71.6 Å². The van der Waals surface area contributed by atoms with Crippen molar-refractivity contribution in [1.82, 2.24) is 9.80 Å². The van der Waals surface area contributed by atoms with Gasteiger partial charge in [0.15, 0.2) is 5.75 Å². The van der Waals surface area contributed by atoms with Crippen LogP contribution in [-0.4, -0.2) is 75.2 Å². The summed E-state index contributed by atoms with van der Waals surface area (Å²) in [6, 6.07) is 18.0. The van der Waals surface area contributed by atoms with Crippen LogP contribution in [0.3, 0.4) is 0 Å². The van der Waals surface area contributed by atoms with E-state index in [1.807, 2.05) is 38.2 Å². The first kappa shape index (κ1) is 30.6. The molecule has 0 spiro atoms. The number of nitrogens with zero attached hydrogens (tertiary/aromatic N) is 2. The lowest BCUT2D eigenvalue weighted by molar-refractivity contribution is 0.0344. The van der Waals surface area contributed by atoms with Gasteiger partial charge in [-0.05, 0) is 68.1 Å². The van der Waals surface area contributed by atoms with Gasteiger partial charge < -0.3 is 19.5 Å². The molecule has 0 saturated carbocycles. The third kappa shape index (κ3) is 7.32. The number of aliphatic hydroxyl groups is 1. The van der Waals surface area contributed by atoms with Gasteiger partial charge in [0.05, 0.1) is 35.9 Å². The topological polar surface area (TPSA) is 108 Å². The zero-order valence-corrected chi connectivity index (χ0v) is 25.2. The van der Waals surface area contributed by atoms with Gasteiger partial charge >= 0.3 is 0 Å². The molecule has 41 heavy (non-hydrogen) atoms. The maximum Gasteiger partial charge on any atom is 0.262 e. The molecule has 0 aliphatic carbocycles. The lowest BCUT2D eigenvalue weighted by atomic mass is 9.99. The molecule has 1 aliphatic heterocycles. The van der Waals surface area contributed by atoms with Gasteiger partial charge in [0.25, 0.3) is 15.9 Å². The lowest BCUT2D eigenvalue weighted by Gasteiger charge is -2.38. The van der Waals surface area contributed by atoms with Crippen molar-refractivity contribution < 1.29 is 27.8 Å². The highest BCUT2D eigenvalue weighted by molar-refractivity contribution is 7.92.